The zero-order chi connectivity index (χ0) is 21.3. The topological polar surface area (TPSA) is 171 Å². The van der Waals surface area contributed by atoms with Gasteiger partial charge in [-0.05, 0) is 18.8 Å². The molecule has 0 rings (SSSR count). The summed E-state index contributed by atoms with van der Waals surface area (Å²) in [6.07, 6.45) is 0.669. The molecule has 27 heavy (non-hydrogen) atoms. The fourth-order valence-corrected chi connectivity index (χ4v) is 2.15. The van der Waals surface area contributed by atoms with E-state index in [0.29, 0.717) is 6.42 Å². The van der Waals surface area contributed by atoms with Gasteiger partial charge in [0.15, 0.2) is 0 Å². The van der Waals surface area contributed by atoms with Crippen molar-refractivity contribution in [2.45, 2.75) is 65.2 Å². The molecule has 7 N–H and O–H groups in total. The van der Waals surface area contributed by atoms with Crippen LogP contribution in [-0.2, 0) is 19.2 Å². The van der Waals surface area contributed by atoms with Gasteiger partial charge in [-0.25, -0.2) is 4.79 Å². The molecule has 5 atom stereocenters. The number of aliphatic hydroxyl groups excluding tert-OH is 1. The second kappa shape index (κ2) is 11.5. The number of hydrogen-bond acceptors (Lipinski definition) is 6. The molecule has 5 unspecified atom stereocenters. The molecule has 0 aromatic carbocycles. The smallest absolute Gasteiger partial charge is 0.326 e. The first-order valence-electron chi connectivity index (χ1n) is 8.96. The zero-order valence-corrected chi connectivity index (χ0v) is 16.5. The fourth-order valence-electron chi connectivity index (χ4n) is 2.15. The minimum absolute atomic E-state index is 0.110. The lowest BCUT2D eigenvalue weighted by Gasteiger charge is -2.24. The van der Waals surface area contributed by atoms with E-state index in [1.54, 1.807) is 20.8 Å². The summed E-state index contributed by atoms with van der Waals surface area (Å²) in [6.45, 7) is 7.63. The van der Waals surface area contributed by atoms with Gasteiger partial charge >= 0.3 is 5.97 Å². The van der Waals surface area contributed by atoms with Crippen LogP contribution < -0.4 is 21.7 Å². The number of nitrogens with one attached hydrogen (secondary N) is 3. The van der Waals surface area contributed by atoms with Gasteiger partial charge in [0.2, 0.25) is 17.7 Å². The van der Waals surface area contributed by atoms with Gasteiger partial charge in [0.1, 0.15) is 18.1 Å². The van der Waals surface area contributed by atoms with Gasteiger partial charge < -0.3 is 31.9 Å². The van der Waals surface area contributed by atoms with Gasteiger partial charge in [-0.1, -0.05) is 34.1 Å². The molecule has 0 heterocycles. The van der Waals surface area contributed by atoms with E-state index >= 15 is 0 Å². The number of amides is 3. The van der Waals surface area contributed by atoms with Crippen LogP contribution in [0.5, 0.6) is 0 Å². The first-order chi connectivity index (χ1) is 12.5. The van der Waals surface area contributed by atoms with Gasteiger partial charge in [-0.2, -0.15) is 0 Å². The number of aliphatic hydroxyl groups is 1. The molecule has 0 aliphatic heterocycles. The van der Waals surface area contributed by atoms with E-state index in [2.05, 4.69) is 16.0 Å². The maximum atomic E-state index is 12.2. The standard InChI is InChI=1S/C17H32N4O6/c1-6-9(4)12(18)16(25)20-11(7-22)15(24)19-10(5)14(23)21-13(8(2)3)17(26)27/h8-13,22H,6-7,18H2,1-5H3,(H,19,24)(H,20,25)(H,21,23)(H,26,27). The maximum absolute atomic E-state index is 12.2. The Morgan fingerprint density at radius 3 is 1.89 bits per heavy atom. The first kappa shape index (κ1) is 24.8. The second-order valence-corrected chi connectivity index (χ2v) is 6.95. The number of aliphatic carboxylic acids is 1. The van der Waals surface area contributed by atoms with Gasteiger partial charge in [0.05, 0.1) is 12.6 Å². The number of rotatable bonds is 11. The van der Waals surface area contributed by atoms with Crippen LogP contribution in [0.1, 0.15) is 41.0 Å². The third kappa shape index (κ3) is 7.92. The molecule has 0 spiro atoms. The molecule has 0 bridgehead atoms. The largest absolute Gasteiger partial charge is 0.480 e. The van der Waals surface area contributed by atoms with Crippen molar-refractivity contribution in [2.75, 3.05) is 6.61 Å². The Hall–Kier alpha value is -2.20. The SMILES string of the molecule is CCC(C)C(N)C(=O)NC(CO)C(=O)NC(C)C(=O)NC(C(=O)O)C(C)C. The van der Waals surface area contributed by atoms with E-state index in [9.17, 15) is 24.3 Å². The Morgan fingerprint density at radius 2 is 1.48 bits per heavy atom. The lowest BCUT2D eigenvalue weighted by Crippen LogP contribution is -2.58. The third-order valence-corrected chi connectivity index (χ3v) is 4.36. The summed E-state index contributed by atoms with van der Waals surface area (Å²) in [7, 11) is 0. The molecule has 0 fully saturated rings. The van der Waals surface area contributed by atoms with Crippen molar-refractivity contribution in [2.24, 2.45) is 17.6 Å². The van der Waals surface area contributed by atoms with E-state index < -0.39 is 54.5 Å². The number of carbonyl (C=O) groups is 4. The number of hydrogen-bond donors (Lipinski definition) is 6. The molecule has 0 saturated heterocycles. The predicted molar refractivity (Wildman–Crippen MR) is 98.5 cm³/mol. The minimum atomic E-state index is -1.27. The lowest BCUT2D eigenvalue weighted by atomic mass is 9.99. The Bertz CT molecular complexity index is 540. The van der Waals surface area contributed by atoms with Crippen LogP contribution in [-0.4, -0.2) is 64.7 Å². The Kier molecular flexibility index (Phi) is 10.6. The highest BCUT2D eigenvalue weighted by molar-refractivity contribution is 5.94. The van der Waals surface area contributed by atoms with Crippen molar-refractivity contribution in [1.29, 1.82) is 0 Å². The molecule has 0 radical (unpaired) electrons. The lowest BCUT2D eigenvalue weighted by molar-refractivity contribution is -0.143. The van der Waals surface area contributed by atoms with Crippen molar-refractivity contribution < 1.29 is 29.4 Å². The summed E-state index contributed by atoms with van der Waals surface area (Å²) in [6, 6.07) is -4.27. The highest BCUT2D eigenvalue weighted by Gasteiger charge is 2.29. The molecule has 0 saturated carbocycles. The van der Waals surface area contributed by atoms with Crippen molar-refractivity contribution in [3.63, 3.8) is 0 Å². The Labute approximate surface area is 159 Å². The molecular weight excluding hydrogens is 356 g/mol. The summed E-state index contributed by atoms with van der Waals surface area (Å²) in [5.41, 5.74) is 5.79. The van der Waals surface area contributed by atoms with Gasteiger partial charge in [-0.3, -0.25) is 14.4 Å². The van der Waals surface area contributed by atoms with Crippen LogP contribution in [0.15, 0.2) is 0 Å². The molecule has 0 aromatic heterocycles. The molecule has 10 heteroatoms. The van der Waals surface area contributed by atoms with Crippen LogP contribution in [0, 0.1) is 11.8 Å². The number of carboxylic acids is 1. The maximum Gasteiger partial charge on any atom is 0.326 e. The van der Waals surface area contributed by atoms with E-state index in [0.717, 1.165) is 0 Å². The van der Waals surface area contributed by atoms with E-state index in [1.807, 2.05) is 6.92 Å². The van der Waals surface area contributed by atoms with Crippen LogP contribution in [0.25, 0.3) is 0 Å². The Morgan fingerprint density at radius 1 is 0.926 bits per heavy atom. The summed E-state index contributed by atoms with van der Waals surface area (Å²) in [4.78, 5) is 47.5. The van der Waals surface area contributed by atoms with Gasteiger partial charge in [0.25, 0.3) is 0 Å². The number of nitrogens with two attached hydrogens (primary N) is 1. The molecule has 0 aliphatic carbocycles. The van der Waals surface area contributed by atoms with Gasteiger partial charge in [0, 0.05) is 0 Å². The van der Waals surface area contributed by atoms with E-state index in [-0.39, 0.29) is 11.8 Å². The summed E-state index contributed by atoms with van der Waals surface area (Å²) < 4.78 is 0. The quantitative estimate of drug-likeness (QED) is 0.252. The van der Waals surface area contributed by atoms with E-state index in [4.69, 9.17) is 10.8 Å². The number of carboxylic acid groups (broad SMARTS) is 1. The van der Waals surface area contributed by atoms with Crippen LogP contribution in [0.4, 0.5) is 0 Å². The molecule has 0 aliphatic rings. The predicted octanol–water partition coefficient (Wildman–Crippen LogP) is -1.43. The van der Waals surface area contributed by atoms with E-state index in [1.165, 1.54) is 6.92 Å². The molecule has 3 amide bonds. The second-order valence-electron chi connectivity index (χ2n) is 6.95. The number of carbonyl (C=O) groups excluding carboxylic acids is 3. The first-order valence-corrected chi connectivity index (χ1v) is 8.96. The summed E-state index contributed by atoms with van der Waals surface area (Å²) in [5, 5.41) is 25.5. The minimum Gasteiger partial charge on any atom is -0.480 e. The van der Waals surface area contributed by atoms with Crippen molar-refractivity contribution >= 4 is 23.7 Å². The van der Waals surface area contributed by atoms with Crippen molar-refractivity contribution in [3.05, 3.63) is 0 Å². The Balaban J connectivity index is 4.84. The van der Waals surface area contributed by atoms with Crippen LogP contribution in [0.3, 0.4) is 0 Å². The summed E-state index contributed by atoms with van der Waals surface area (Å²) >= 11 is 0. The average Bonchev–Trinajstić information content (AvgIpc) is 2.61. The average molecular weight is 388 g/mol. The summed E-state index contributed by atoms with van der Waals surface area (Å²) in [5.74, 6) is -3.69. The molecule has 0 aromatic rings. The zero-order valence-electron chi connectivity index (χ0n) is 16.5. The molecule has 156 valence electrons. The molecular formula is C17H32N4O6. The van der Waals surface area contributed by atoms with Crippen molar-refractivity contribution in [1.82, 2.24) is 16.0 Å². The van der Waals surface area contributed by atoms with Crippen molar-refractivity contribution in [3.8, 4) is 0 Å². The monoisotopic (exact) mass is 388 g/mol. The van der Waals surface area contributed by atoms with Gasteiger partial charge in [-0.15, -0.1) is 0 Å². The highest BCUT2D eigenvalue weighted by atomic mass is 16.4. The van der Waals surface area contributed by atoms with Crippen LogP contribution in [0.2, 0.25) is 0 Å². The third-order valence-electron chi connectivity index (χ3n) is 4.36. The normalized spacial score (nSPS) is 16.6. The fraction of sp³-hybridized carbons (Fsp3) is 0.765. The van der Waals surface area contributed by atoms with Crippen LogP contribution >= 0.6 is 0 Å². The highest BCUT2D eigenvalue weighted by Crippen LogP contribution is 2.06. The molecule has 10 nitrogen and oxygen atoms in total.